The van der Waals surface area contributed by atoms with Gasteiger partial charge in [0.2, 0.25) is 5.88 Å². The fourth-order valence-electron chi connectivity index (χ4n) is 3.89. The zero-order valence-electron chi connectivity index (χ0n) is 15.5. The minimum atomic E-state index is -0.991. The molecule has 0 spiro atoms. The minimum Gasteiger partial charge on any atom is -0.497 e. The number of benzene rings is 1. The molecule has 1 fully saturated rings. The van der Waals surface area contributed by atoms with E-state index in [2.05, 4.69) is 15.1 Å². The van der Waals surface area contributed by atoms with Crippen LogP contribution in [0.15, 0.2) is 18.5 Å². The van der Waals surface area contributed by atoms with Crippen molar-refractivity contribution in [2.24, 2.45) is 0 Å². The molecule has 1 aliphatic rings. The number of hydrogen-bond donors (Lipinski definition) is 0. The van der Waals surface area contributed by atoms with E-state index in [0.29, 0.717) is 25.0 Å². The third-order valence-electron chi connectivity index (χ3n) is 5.12. The van der Waals surface area contributed by atoms with Crippen molar-refractivity contribution in [3.63, 3.8) is 0 Å². The van der Waals surface area contributed by atoms with Gasteiger partial charge in [-0.15, -0.1) is 0 Å². The van der Waals surface area contributed by atoms with Crippen molar-refractivity contribution in [1.29, 1.82) is 0 Å². The summed E-state index contributed by atoms with van der Waals surface area (Å²) >= 11 is 0. The molecule has 0 saturated heterocycles. The lowest BCUT2D eigenvalue weighted by Gasteiger charge is -2.27. The molecule has 2 aromatic heterocycles. The summed E-state index contributed by atoms with van der Waals surface area (Å²) in [5, 5.41) is 4.17. The van der Waals surface area contributed by atoms with Crippen molar-refractivity contribution in [3.8, 4) is 22.8 Å². The van der Waals surface area contributed by atoms with Gasteiger partial charge in [-0.2, -0.15) is 15.1 Å². The Morgan fingerprint density at radius 2 is 1.82 bits per heavy atom. The number of fused-ring (bicyclic) bond motifs is 1. The first kappa shape index (κ1) is 18.5. The van der Waals surface area contributed by atoms with E-state index in [1.807, 2.05) is 0 Å². The Morgan fingerprint density at radius 1 is 1.07 bits per heavy atom. The summed E-state index contributed by atoms with van der Waals surface area (Å²) in [5.74, 6) is -1.67. The van der Waals surface area contributed by atoms with Gasteiger partial charge in [0.05, 0.1) is 31.0 Å². The summed E-state index contributed by atoms with van der Waals surface area (Å²) in [6.07, 6.45) is 2.34. The van der Waals surface area contributed by atoms with Gasteiger partial charge in [-0.3, -0.25) is 0 Å². The Morgan fingerprint density at radius 3 is 2.46 bits per heavy atom. The van der Waals surface area contributed by atoms with Gasteiger partial charge in [-0.25, -0.2) is 17.7 Å². The number of aromatic nitrogens is 4. The molecule has 0 radical (unpaired) electrons. The van der Waals surface area contributed by atoms with Gasteiger partial charge in [0.15, 0.2) is 0 Å². The van der Waals surface area contributed by atoms with Crippen LogP contribution in [-0.4, -0.2) is 40.0 Å². The molecule has 0 amide bonds. The van der Waals surface area contributed by atoms with Gasteiger partial charge < -0.3 is 9.47 Å². The van der Waals surface area contributed by atoms with Crippen LogP contribution in [0.2, 0.25) is 0 Å². The second-order valence-corrected chi connectivity index (χ2v) is 6.78. The highest BCUT2D eigenvalue weighted by Gasteiger charge is 2.32. The minimum absolute atomic E-state index is 0.0134. The number of ether oxygens (including phenoxy) is 2. The van der Waals surface area contributed by atoms with E-state index in [1.54, 1.807) is 0 Å². The maximum atomic E-state index is 14.9. The zero-order chi connectivity index (χ0) is 19.8. The first-order chi connectivity index (χ1) is 13.5. The van der Waals surface area contributed by atoms with Crippen LogP contribution in [-0.2, 0) is 0 Å². The Bertz CT molecular complexity index is 1000. The molecule has 2 atom stereocenters. The summed E-state index contributed by atoms with van der Waals surface area (Å²) in [6.45, 7) is 0. The molecule has 0 aliphatic heterocycles. The molecule has 1 saturated carbocycles. The SMILES string of the molecule is COc1cc(F)c(-c2c(OC)nc3ncnn3c2[C@H]2CCC[C@@H](F)C2)c(F)c1. The molecular weight excluding hydrogens is 373 g/mol. The Balaban J connectivity index is 2.03. The first-order valence-electron chi connectivity index (χ1n) is 8.98. The predicted octanol–water partition coefficient (Wildman–Crippen LogP) is 4.08. The average molecular weight is 392 g/mol. The molecule has 0 N–H and O–H groups in total. The maximum Gasteiger partial charge on any atom is 0.255 e. The zero-order valence-corrected chi connectivity index (χ0v) is 15.5. The van der Waals surface area contributed by atoms with Crippen molar-refractivity contribution in [1.82, 2.24) is 19.6 Å². The number of hydrogen-bond acceptors (Lipinski definition) is 5. The molecule has 2 heterocycles. The molecule has 0 unspecified atom stereocenters. The van der Waals surface area contributed by atoms with E-state index in [0.717, 1.165) is 12.1 Å². The van der Waals surface area contributed by atoms with Crippen molar-refractivity contribution in [3.05, 3.63) is 35.8 Å². The van der Waals surface area contributed by atoms with Crippen LogP contribution in [0.25, 0.3) is 16.9 Å². The molecule has 0 bridgehead atoms. The lowest BCUT2D eigenvalue weighted by molar-refractivity contribution is 0.228. The van der Waals surface area contributed by atoms with Gasteiger partial charge in [0, 0.05) is 18.1 Å². The predicted molar refractivity (Wildman–Crippen MR) is 95.3 cm³/mol. The van der Waals surface area contributed by atoms with Crippen LogP contribution in [0.5, 0.6) is 11.6 Å². The van der Waals surface area contributed by atoms with Crippen molar-refractivity contribution >= 4 is 5.78 Å². The average Bonchev–Trinajstić information content (AvgIpc) is 3.14. The fourth-order valence-corrected chi connectivity index (χ4v) is 3.89. The number of nitrogens with zero attached hydrogens (tertiary/aromatic N) is 4. The van der Waals surface area contributed by atoms with Gasteiger partial charge >= 0.3 is 0 Å². The van der Waals surface area contributed by atoms with E-state index in [9.17, 15) is 13.2 Å². The Kier molecular flexibility index (Phi) is 4.82. The van der Waals surface area contributed by atoms with Crippen LogP contribution in [0.1, 0.15) is 37.3 Å². The van der Waals surface area contributed by atoms with Crippen molar-refractivity contribution in [2.75, 3.05) is 14.2 Å². The summed E-state index contributed by atoms with van der Waals surface area (Å²) in [7, 11) is 2.69. The standard InChI is InChI=1S/C19H19F3N4O2/c1-27-12-7-13(21)15(14(22)8-12)16-17(10-4-3-5-11(20)6-10)26-19(23-9-24-26)25-18(16)28-2/h7-11H,3-6H2,1-2H3/t10-,11+/m0/s1. The number of halogens is 3. The van der Waals surface area contributed by atoms with E-state index in [4.69, 9.17) is 9.47 Å². The number of rotatable bonds is 4. The third kappa shape index (κ3) is 3.04. The van der Waals surface area contributed by atoms with Crippen molar-refractivity contribution in [2.45, 2.75) is 37.8 Å². The van der Waals surface area contributed by atoms with E-state index in [1.165, 1.54) is 25.1 Å². The number of methoxy groups -OCH3 is 2. The van der Waals surface area contributed by atoms with Crippen LogP contribution in [0, 0.1) is 11.6 Å². The molecule has 148 valence electrons. The van der Waals surface area contributed by atoms with E-state index < -0.39 is 17.8 Å². The first-order valence-corrected chi connectivity index (χ1v) is 8.98. The molecule has 3 aromatic rings. The molecule has 28 heavy (non-hydrogen) atoms. The molecular formula is C19H19F3N4O2. The molecule has 1 aliphatic carbocycles. The van der Waals surface area contributed by atoms with Gasteiger partial charge in [0.1, 0.15) is 29.9 Å². The Labute approximate surface area is 159 Å². The van der Waals surface area contributed by atoms with Gasteiger partial charge in [0.25, 0.3) is 5.78 Å². The highest BCUT2D eigenvalue weighted by atomic mass is 19.1. The monoisotopic (exact) mass is 392 g/mol. The van der Waals surface area contributed by atoms with Gasteiger partial charge in [-0.1, -0.05) is 0 Å². The molecule has 9 heteroatoms. The van der Waals surface area contributed by atoms with Crippen LogP contribution in [0.3, 0.4) is 0 Å². The molecule has 1 aromatic carbocycles. The highest BCUT2D eigenvalue weighted by molar-refractivity contribution is 5.75. The fraction of sp³-hybridized carbons (Fsp3) is 0.421. The summed E-state index contributed by atoms with van der Waals surface area (Å²) < 4.78 is 55.7. The lowest BCUT2D eigenvalue weighted by Crippen LogP contribution is -2.19. The number of alkyl halides is 1. The smallest absolute Gasteiger partial charge is 0.255 e. The van der Waals surface area contributed by atoms with E-state index in [-0.39, 0.29) is 40.9 Å². The topological polar surface area (TPSA) is 61.5 Å². The van der Waals surface area contributed by atoms with Crippen LogP contribution in [0.4, 0.5) is 13.2 Å². The quantitative estimate of drug-likeness (QED) is 0.670. The summed E-state index contributed by atoms with van der Waals surface area (Å²) in [4.78, 5) is 8.31. The molecule has 4 rings (SSSR count). The largest absolute Gasteiger partial charge is 0.497 e. The summed E-state index contributed by atoms with van der Waals surface area (Å²) in [6, 6.07) is 2.18. The van der Waals surface area contributed by atoms with E-state index >= 15 is 0 Å². The Hall–Kier alpha value is -2.84. The second-order valence-electron chi connectivity index (χ2n) is 6.78. The maximum absolute atomic E-state index is 14.9. The van der Waals surface area contributed by atoms with Crippen molar-refractivity contribution < 1.29 is 22.6 Å². The van der Waals surface area contributed by atoms with Gasteiger partial charge in [-0.05, 0) is 25.7 Å². The van der Waals surface area contributed by atoms with Crippen LogP contribution < -0.4 is 9.47 Å². The normalized spacial score (nSPS) is 19.8. The summed E-state index contributed by atoms with van der Waals surface area (Å²) in [5.41, 5.74) is 0.264. The second kappa shape index (κ2) is 7.29. The lowest BCUT2D eigenvalue weighted by atomic mass is 9.83. The molecule has 6 nitrogen and oxygen atoms in total. The third-order valence-corrected chi connectivity index (χ3v) is 5.12. The highest BCUT2D eigenvalue weighted by Crippen LogP contribution is 2.44. The van der Waals surface area contributed by atoms with Crippen LogP contribution >= 0.6 is 0 Å².